The quantitative estimate of drug-likeness (QED) is 0.0576. The number of ether oxygens (including phenoxy) is 2. The molecule has 4 aromatic rings. The van der Waals surface area contributed by atoms with Gasteiger partial charge >= 0.3 is 0 Å². The molecule has 6 atom stereocenters. The molecule has 414 valence electrons. The third-order valence-corrected chi connectivity index (χ3v) is 16.9. The molecule has 15 nitrogen and oxygen atoms in total. The average Bonchev–Trinajstić information content (AvgIpc) is 3.48. The first kappa shape index (κ1) is 57.7. The SMILES string of the molecule is CN[C@@H](C)C(=O)N[C@H](C(=O)N1CCOC[C@H]1CN(CCc1ccccc1)C(=O)c1ccc2cc(C(=O)N(CCc3ccccc3)C[C@@H]3COCCN3C(=O)[C@@H](NC(=O)[C@H](C)I)C3CCCCC3)ccc2c1)C1CCCCC1. The maximum Gasteiger partial charge on any atom is 0.253 e. The second kappa shape index (κ2) is 28.4. The summed E-state index contributed by atoms with van der Waals surface area (Å²) in [5.74, 6) is -0.888. The van der Waals surface area contributed by atoms with Crippen LogP contribution in [0, 0.1) is 11.8 Å². The van der Waals surface area contributed by atoms with Gasteiger partial charge in [0.2, 0.25) is 23.6 Å². The molecule has 0 spiro atoms. The Labute approximate surface area is 469 Å². The maximum absolute atomic E-state index is 14.9. The third-order valence-electron chi connectivity index (χ3n) is 16.4. The van der Waals surface area contributed by atoms with Crippen LogP contribution in [0.3, 0.4) is 0 Å². The van der Waals surface area contributed by atoms with Crippen molar-refractivity contribution in [1.29, 1.82) is 0 Å². The summed E-state index contributed by atoms with van der Waals surface area (Å²) in [4.78, 5) is 93.1. The Hall–Kier alpha value is -5.43. The lowest BCUT2D eigenvalue weighted by Crippen LogP contribution is -2.61. The van der Waals surface area contributed by atoms with Crippen molar-refractivity contribution in [2.75, 3.05) is 72.7 Å². The Morgan fingerprint density at radius 1 is 0.584 bits per heavy atom. The standard InChI is InChI=1S/C61H80IN7O8/c1-42(62)56(70)64-54(46-20-12-6-13-21-46)60(74)68-32-34-76-40-52(68)38-66(30-28-44-16-8-4-9-17-44)58(72)50-26-24-49-37-51(27-25-48(49)36-50)59(73)67(31-29-45-18-10-5-11-19-45)39-53-41-77-35-33-69(53)61(75)55(47-22-14-7-15-23-47)65-57(71)43(2)63-3/h4-5,8-11,16-19,24-27,36-37,42-43,46-47,52-55,63H,6-7,12-15,20-23,28-35,38-41H2,1-3H3,(H,64,70)(H,65,71)/t42-,43-,52+,53+,54-,55-/m0/s1. The first-order valence-corrected chi connectivity index (χ1v) is 29.5. The molecule has 8 rings (SSSR count). The molecule has 77 heavy (non-hydrogen) atoms. The van der Waals surface area contributed by atoms with Gasteiger partial charge in [-0.15, -0.1) is 0 Å². The highest BCUT2D eigenvalue weighted by Gasteiger charge is 2.41. The minimum atomic E-state index is -0.672. The number of nitrogens with zero attached hydrogens (tertiary/aromatic N) is 4. The zero-order chi connectivity index (χ0) is 54.3. The fourth-order valence-electron chi connectivity index (χ4n) is 11.7. The lowest BCUT2D eigenvalue weighted by atomic mass is 9.83. The molecule has 6 amide bonds. The molecule has 2 saturated carbocycles. The summed E-state index contributed by atoms with van der Waals surface area (Å²) in [6.45, 7) is 6.90. The topological polar surface area (TPSA) is 170 Å². The number of benzene rings is 4. The number of morpholine rings is 2. The largest absolute Gasteiger partial charge is 0.377 e. The number of amides is 6. The van der Waals surface area contributed by atoms with E-state index in [9.17, 15) is 28.8 Å². The Morgan fingerprint density at radius 3 is 1.40 bits per heavy atom. The molecule has 16 heteroatoms. The van der Waals surface area contributed by atoms with Crippen molar-refractivity contribution >= 4 is 68.8 Å². The second-order valence-corrected chi connectivity index (χ2v) is 23.5. The first-order chi connectivity index (χ1) is 37.4. The molecule has 4 aliphatic rings. The number of hydrogen-bond acceptors (Lipinski definition) is 9. The first-order valence-electron chi connectivity index (χ1n) is 28.3. The summed E-state index contributed by atoms with van der Waals surface area (Å²) < 4.78 is 11.8. The molecule has 2 saturated heterocycles. The highest BCUT2D eigenvalue weighted by molar-refractivity contribution is 14.1. The van der Waals surface area contributed by atoms with Gasteiger partial charge < -0.3 is 45.0 Å². The Bertz CT molecular complexity index is 2610. The van der Waals surface area contributed by atoms with E-state index in [0.717, 1.165) is 86.1 Å². The maximum atomic E-state index is 14.9. The van der Waals surface area contributed by atoms with Gasteiger partial charge in [0.15, 0.2) is 0 Å². The van der Waals surface area contributed by atoms with Gasteiger partial charge in [0.1, 0.15) is 12.1 Å². The summed E-state index contributed by atoms with van der Waals surface area (Å²) in [5.41, 5.74) is 3.13. The van der Waals surface area contributed by atoms with Gasteiger partial charge in [-0.05, 0) is 117 Å². The number of carbonyl (C=O) groups is 6. The summed E-state index contributed by atoms with van der Waals surface area (Å²) in [5, 5.41) is 10.9. The molecule has 3 N–H and O–H groups in total. The normalized spacial score (nSPS) is 20.1. The predicted molar refractivity (Wildman–Crippen MR) is 308 cm³/mol. The van der Waals surface area contributed by atoms with E-state index in [0.29, 0.717) is 63.4 Å². The van der Waals surface area contributed by atoms with Crippen molar-refractivity contribution in [1.82, 2.24) is 35.6 Å². The summed E-state index contributed by atoms with van der Waals surface area (Å²) >= 11 is 2.09. The molecule has 0 bridgehead atoms. The highest BCUT2D eigenvalue weighted by Crippen LogP contribution is 2.31. The van der Waals surface area contributed by atoms with Crippen LogP contribution in [0.5, 0.6) is 0 Å². The van der Waals surface area contributed by atoms with Gasteiger partial charge in [-0.3, -0.25) is 28.8 Å². The van der Waals surface area contributed by atoms with E-state index in [1.807, 2.05) is 124 Å². The van der Waals surface area contributed by atoms with E-state index in [2.05, 4.69) is 38.5 Å². The molecule has 0 aromatic heterocycles. The van der Waals surface area contributed by atoms with Crippen molar-refractivity contribution in [2.24, 2.45) is 11.8 Å². The molecule has 4 aromatic carbocycles. The summed E-state index contributed by atoms with van der Waals surface area (Å²) in [7, 11) is 1.73. The Balaban J connectivity index is 1.03. The van der Waals surface area contributed by atoms with Crippen LogP contribution in [0.4, 0.5) is 0 Å². The molecule has 0 radical (unpaired) electrons. The monoisotopic (exact) mass is 1170 g/mol. The van der Waals surface area contributed by atoms with Crippen molar-refractivity contribution < 1.29 is 38.2 Å². The van der Waals surface area contributed by atoms with Gasteiger partial charge in [-0.1, -0.05) is 134 Å². The van der Waals surface area contributed by atoms with E-state index in [1.165, 1.54) is 0 Å². The van der Waals surface area contributed by atoms with Gasteiger partial charge in [-0.2, -0.15) is 0 Å². The number of carbonyl (C=O) groups excluding carboxylic acids is 6. The minimum absolute atomic E-state index is 0.0246. The summed E-state index contributed by atoms with van der Waals surface area (Å²) in [6.07, 6.45) is 11.0. The van der Waals surface area contributed by atoms with Crippen LogP contribution in [0.2, 0.25) is 0 Å². The number of hydrogen-bond donors (Lipinski definition) is 3. The molecule has 0 unspecified atom stereocenters. The molecule has 2 heterocycles. The smallest absolute Gasteiger partial charge is 0.253 e. The molecular weight excluding hydrogens is 1090 g/mol. The van der Waals surface area contributed by atoms with Crippen molar-refractivity contribution in [2.45, 2.75) is 125 Å². The lowest BCUT2D eigenvalue weighted by Gasteiger charge is -2.42. The van der Waals surface area contributed by atoms with E-state index < -0.39 is 30.2 Å². The molecule has 4 fully saturated rings. The number of fused-ring (bicyclic) bond motifs is 1. The van der Waals surface area contributed by atoms with E-state index in [-0.39, 0.29) is 77.5 Å². The Kier molecular flexibility index (Phi) is 21.3. The Morgan fingerprint density at radius 2 is 1.00 bits per heavy atom. The van der Waals surface area contributed by atoms with Crippen molar-refractivity contribution in [3.63, 3.8) is 0 Å². The zero-order valence-corrected chi connectivity index (χ0v) is 47.5. The van der Waals surface area contributed by atoms with Gasteiger partial charge in [-0.25, -0.2) is 0 Å². The lowest BCUT2D eigenvalue weighted by molar-refractivity contribution is -0.146. The van der Waals surface area contributed by atoms with Crippen LogP contribution in [-0.4, -0.2) is 162 Å². The van der Waals surface area contributed by atoms with Crippen LogP contribution in [-0.2, 0) is 41.5 Å². The molecule has 2 aliphatic heterocycles. The molecular formula is C61H80IN7O8. The third kappa shape index (κ3) is 15.4. The van der Waals surface area contributed by atoms with Crippen molar-refractivity contribution in [3.8, 4) is 0 Å². The van der Waals surface area contributed by atoms with Gasteiger partial charge in [0.05, 0.1) is 48.5 Å². The van der Waals surface area contributed by atoms with Crippen LogP contribution in [0.1, 0.15) is 110 Å². The van der Waals surface area contributed by atoms with E-state index in [1.54, 1.807) is 14.0 Å². The average molecular weight is 1170 g/mol. The fraction of sp³-hybridized carbons (Fsp3) is 0.541. The van der Waals surface area contributed by atoms with Gasteiger partial charge in [0.25, 0.3) is 11.8 Å². The number of alkyl halides is 1. The zero-order valence-electron chi connectivity index (χ0n) is 45.3. The number of halogens is 1. The second-order valence-electron chi connectivity index (χ2n) is 21.7. The highest BCUT2D eigenvalue weighted by atomic mass is 127. The predicted octanol–water partition coefficient (Wildman–Crippen LogP) is 7.23. The van der Waals surface area contributed by atoms with E-state index >= 15 is 0 Å². The number of likely N-dealkylation sites (N-methyl/N-ethyl adjacent to an activating group) is 1. The van der Waals surface area contributed by atoms with Gasteiger partial charge in [0, 0.05) is 50.4 Å². The van der Waals surface area contributed by atoms with Crippen LogP contribution in [0.25, 0.3) is 10.8 Å². The number of rotatable bonds is 21. The van der Waals surface area contributed by atoms with Crippen LogP contribution < -0.4 is 16.0 Å². The fourth-order valence-corrected chi connectivity index (χ4v) is 11.9. The summed E-state index contributed by atoms with van der Waals surface area (Å²) in [6, 6.07) is 28.6. The molecule has 2 aliphatic carbocycles. The van der Waals surface area contributed by atoms with Crippen LogP contribution in [0.15, 0.2) is 97.1 Å². The van der Waals surface area contributed by atoms with Crippen LogP contribution >= 0.6 is 22.6 Å². The number of nitrogens with one attached hydrogen (secondary N) is 3. The minimum Gasteiger partial charge on any atom is -0.377 e. The van der Waals surface area contributed by atoms with Crippen molar-refractivity contribution in [3.05, 3.63) is 119 Å². The van der Waals surface area contributed by atoms with E-state index in [4.69, 9.17) is 9.47 Å².